The predicted molar refractivity (Wildman–Crippen MR) is 117 cm³/mol. The molecule has 5 rings (SSSR count). The third-order valence-corrected chi connectivity index (χ3v) is 6.74. The summed E-state index contributed by atoms with van der Waals surface area (Å²) >= 11 is 0. The topological polar surface area (TPSA) is 86.5 Å². The Balaban J connectivity index is 1.23. The van der Waals surface area contributed by atoms with Crippen molar-refractivity contribution in [2.45, 2.75) is 44.4 Å². The van der Waals surface area contributed by atoms with Crippen LogP contribution in [0.4, 0.5) is 0 Å². The zero-order valence-electron chi connectivity index (χ0n) is 18.1. The van der Waals surface area contributed by atoms with Crippen molar-refractivity contribution in [2.75, 3.05) is 7.11 Å². The number of esters is 1. The van der Waals surface area contributed by atoms with E-state index in [1.165, 1.54) is 18.2 Å². The Morgan fingerprint density at radius 1 is 1.12 bits per heavy atom. The first kappa shape index (κ1) is 20.7. The molecule has 2 aliphatic carbocycles. The molecular formula is C25H27N3O4. The first-order chi connectivity index (χ1) is 15.5. The maximum atomic E-state index is 11.9. The molecule has 166 valence electrons. The molecule has 0 bridgehead atoms. The highest BCUT2D eigenvalue weighted by atomic mass is 16.5. The van der Waals surface area contributed by atoms with E-state index in [2.05, 4.69) is 34.6 Å². The Morgan fingerprint density at radius 3 is 2.47 bits per heavy atom. The molecule has 2 aliphatic rings. The highest BCUT2D eigenvalue weighted by Crippen LogP contribution is 2.49. The molecule has 0 saturated heterocycles. The van der Waals surface area contributed by atoms with Gasteiger partial charge < -0.3 is 14.6 Å². The van der Waals surface area contributed by atoms with Crippen LogP contribution in [0.1, 0.15) is 35.2 Å². The van der Waals surface area contributed by atoms with Gasteiger partial charge in [0.05, 0.1) is 31.4 Å². The molecule has 0 atom stereocenters. The van der Waals surface area contributed by atoms with Crippen LogP contribution in [-0.4, -0.2) is 33.2 Å². The SMILES string of the molecule is COC(=O)C1CC(OCc2cn(CC3Cc4ccccc4C3)nn2)(c2ccc(O)cc2)C1. The maximum Gasteiger partial charge on any atom is 0.308 e. The number of carbonyl (C=O) groups excluding carboxylic acids is 1. The van der Waals surface area contributed by atoms with Crippen LogP contribution < -0.4 is 0 Å². The lowest BCUT2D eigenvalue weighted by Gasteiger charge is -2.46. The quantitative estimate of drug-likeness (QED) is 0.575. The van der Waals surface area contributed by atoms with Crippen molar-refractivity contribution in [2.24, 2.45) is 11.8 Å². The number of phenolic OH excluding ortho intramolecular Hbond substituents is 1. The lowest BCUT2D eigenvalue weighted by molar-refractivity contribution is -0.177. The molecule has 0 spiro atoms. The van der Waals surface area contributed by atoms with E-state index in [9.17, 15) is 9.90 Å². The summed E-state index contributed by atoms with van der Waals surface area (Å²) in [5, 5.41) is 18.3. The minimum absolute atomic E-state index is 0.187. The van der Waals surface area contributed by atoms with Crippen LogP contribution in [0, 0.1) is 11.8 Å². The molecule has 3 aromatic rings. The lowest BCUT2D eigenvalue weighted by atomic mass is 9.67. The molecular weight excluding hydrogens is 406 g/mol. The van der Waals surface area contributed by atoms with Gasteiger partial charge in [0.2, 0.25) is 0 Å². The van der Waals surface area contributed by atoms with Crippen molar-refractivity contribution in [1.82, 2.24) is 15.0 Å². The van der Waals surface area contributed by atoms with Crippen LogP contribution in [0.3, 0.4) is 0 Å². The Bertz CT molecular complexity index is 1080. The van der Waals surface area contributed by atoms with Crippen molar-refractivity contribution < 1.29 is 19.4 Å². The van der Waals surface area contributed by atoms with Gasteiger partial charge in [0, 0.05) is 6.54 Å². The second kappa shape index (κ2) is 8.39. The number of aromatic hydroxyl groups is 1. The Labute approximate surface area is 187 Å². The highest BCUT2D eigenvalue weighted by Gasteiger charge is 2.50. The van der Waals surface area contributed by atoms with Gasteiger partial charge in [-0.05, 0) is 60.4 Å². The Morgan fingerprint density at radius 2 is 1.81 bits per heavy atom. The number of hydrogen-bond donors (Lipinski definition) is 1. The minimum Gasteiger partial charge on any atom is -0.508 e. The van der Waals surface area contributed by atoms with Gasteiger partial charge in [-0.3, -0.25) is 9.48 Å². The number of rotatable bonds is 7. The van der Waals surface area contributed by atoms with Gasteiger partial charge in [-0.1, -0.05) is 41.6 Å². The number of aromatic nitrogens is 3. The van der Waals surface area contributed by atoms with E-state index >= 15 is 0 Å². The molecule has 32 heavy (non-hydrogen) atoms. The van der Waals surface area contributed by atoms with Crippen LogP contribution in [0.25, 0.3) is 0 Å². The van der Waals surface area contributed by atoms with Crippen molar-refractivity contribution in [3.8, 4) is 5.75 Å². The van der Waals surface area contributed by atoms with Crippen molar-refractivity contribution in [3.05, 3.63) is 77.1 Å². The van der Waals surface area contributed by atoms with E-state index in [0.29, 0.717) is 25.4 Å². The average Bonchev–Trinajstić information content (AvgIpc) is 3.40. The van der Waals surface area contributed by atoms with E-state index < -0.39 is 5.60 Å². The lowest BCUT2D eigenvalue weighted by Crippen LogP contribution is -2.47. The number of ether oxygens (including phenoxy) is 2. The molecule has 1 heterocycles. The summed E-state index contributed by atoms with van der Waals surface area (Å²) < 4.78 is 13.1. The van der Waals surface area contributed by atoms with Gasteiger partial charge in [0.15, 0.2) is 0 Å². The van der Waals surface area contributed by atoms with Gasteiger partial charge >= 0.3 is 5.97 Å². The first-order valence-corrected chi connectivity index (χ1v) is 11.0. The summed E-state index contributed by atoms with van der Waals surface area (Å²) in [6.45, 7) is 1.13. The highest BCUT2D eigenvalue weighted by molar-refractivity contribution is 5.74. The fourth-order valence-electron chi connectivity index (χ4n) is 5.02. The molecule has 1 N–H and O–H groups in total. The zero-order chi connectivity index (χ0) is 22.1. The van der Waals surface area contributed by atoms with Crippen LogP contribution in [0.2, 0.25) is 0 Å². The van der Waals surface area contributed by atoms with Crippen molar-refractivity contribution in [3.63, 3.8) is 0 Å². The number of carbonyl (C=O) groups is 1. The maximum absolute atomic E-state index is 11.9. The Kier molecular flexibility index (Phi) is 5.43. The van der Waals surface area contributed by atoms with E-state index in [-0.39, 0.29) is 17.6 Å². The number of hydrogen-bond acceptors (Lipinski definition) is 6. The number of methoxy groups -OCH3 is 1. The largest absolute Gasteiger partial charge is 0.508 e. The molecule has 7 heteroatoms. The number of fused-ring (bicyclic) bond motifs is 1. The van der Waals surface area contributed by atoms with E-state index in [4.69, 9.17) is 9.47 Å². The third-order valence-electron chi connectivity index (χ3n) is 6.74. The molecule has 0 radical (unpaired) electrons. The molecule has 2 aromatic carbocycles. The third kappa shape index (κ3) is 4.00. The number of benzene rings is 2. The van der Waals surface area contributed by atoms with Gasteiger partial charge in [-0.25, -0.2) is 0 Å². The van der Waals surface area contributed by atoms with Gasteiger partial charge in [0.25, 0.3) is 0 Å². The van der Waals surface area contributed by atoms with E-state index in [1.807, 2.05) is 23.0 Å². The van der Waals surface area contributed by atoms with Crippen molar-refractivity contribution in [1.29, 1.82) is 0 Å². The summed E-state index contributed by atoms with van der Waals surface area (Å²) in [7, 11) is 1.41. The summed E-state index contributed by atoms with van der Waals surface area (Å²) in [6.07, 6.45) is 5.17. The molecule has 7 nitrogen and oxygen atoms in total. The van der Waals surface area contributed by atoms with Gasteiger partial charge in [-0.15, -0.1) is 5.10 Å². The minimum atomic E-state index is -0.594. The number of nitrogens with zero attached hydrogens (tertiary/aromatic N) is 3. The number of phenols is 1. The van der Waals surface area contributed by atoms with Crippen LogP contribution in [0.5, 0.6) is 5.75 Å². The van der Waals surface area contributed by atoms with E-state index in [0.717, 1.165) is 30.6 Å². The normalized spacial score (nSPS) is 22.3. The van der Waals surface area contributed by atoms with Crippen molar-refractivity contribution >= 4 is 5.97 Å². The molecule has 1 saturated carbocycles. The van der Waals surface area contributed by atoms with Crippen LogP contribution in [-0.2, 0) is 45.9 Å². The molecule has 1 aromatic heterocycles. The van der Waals surface area contributed by atoms with Crippen LogP contribution >= 0.6 is 0 Å². The zero-order valence-corrected chi connectivity index (χ0v) is 18.1. The van der Waals surface area contributed by atoms with Crippen LogP contribution in [0.15, 0.2) is 54.7 Å². The smallest absolute Gasteiger partial charge is 0.308 e. The molecule has 0 aliphatic heterocycles. The molecule has 1 fully saturated rings. The summed E-state index contributed by atoms with van der Waals surface area (Å²) in [5.74, 6) is 0.323. The Hall–Kier alpha value is -3.19. The summed E-state index contributed by atoms with van der Waals surface area (Å²) in [4.78, 5) is 11.9. The fraction of sp³-hybridized carbons (Fsp3) is 0.400. The second-order valence-corrected chi connectivity index (χ2v) is 8.93. The van der Waals surface area contributed by atoms with Gasteiger partial charge in [0.1, 0.15) is 11.4 Å². The standard InChI is InChI=1S/C25H27N3O4/c1-31-24(30)20-12-25(13-20,21-6-8-23(29)9-7-21)32-16-22-15-28(27-26-22)14-17-10-18-4-2-3-5-19(18)11-17/h2-9,15,17,20,29H,10-14,16H2,1H3. The molecule has 0 unspecified atom stereocenters. The van der Waals surface area contributed by atoms with E-state index in [1.54, 1.807) is 12.1 Å². The first-order valence-electron chi connectivity index (χ1n) is 11.0. The average molecular weight is 434 g/mol. The fourth-order valence-corrected chi connectivity index (χ4v) is 5.02. The monoisotopic (exact) mass is 433 g/mol. The summed E-state index contributed by atoms with van der Waals surface area (Å²) in [6, 6.07) is 15.6. The predicted octanol–water partition coefficient (Wildman–Crippen LogP) is 3.39. The second-order valence-electron chi connectivity index (χ2n) is 8.93. The van der Waals surface area contributed by atoms with Gasteiger partial charge in [-0.2, -0.15) is 0 Å². The summed E-state index contributed by atoms with van der Waals surface area (Å²) in [5.41, 5.74) is 3.97. The molecule has 0 amide bonds.